The van der Waals surface area contributed by atoms with Gasteiger partial charge < -0.3 is 9.84 Å². The van der Waals surface area contributed by atoms with Crippen LogP contribution in [0.25, 0.3) is 0 Å². The van der Waals surface area contributed by atoms with Gasteiger partial charge in [-0.2, -0.15) is 0 Å². The molecule has 0 bridgehead atoms. The fourth-order valence-electron chi connectivity index (χ4n) is 4.20. The molecule has 2 aromatic rings. The van der Waals surface area contributed by atoms with Crippen molar-refractivity contribution in [2.45, 2.75) is 72.8 Å². The van der Waals surface area contributed by atoms with E-state index in [-0.39, 0.29) is 17.4 Å². The van der Waals surface area contributed by atoms with Gasteiger partial charge in [0.2, 0.25) is 10.0 Å². The maximum atomic E-state index is 12.4. The quantitative estimate of drug-likeness (QED) is 0.523. The van der Waals surface area contributed by atoms with E-state index in [1.807, 2.05) is 57.5 Å². The molecule has 0 fully saturated rings. The SMILES string of the molecule is CCC(CC)(c1ccc(OCC(O)C(C)(C)C)c(C)c1)c1ccc(C(=O)NS(C)(=O)=O)c(C)c1. The van der Waals surface area contributed by atoms with Crippen LogP contribution in [-0.2, 0) is 15.4 Å². The third kappa shape index (κ3) is 6.39. The number of carbonyl (C=O) groups excluding carboxylic acids is 1. The number of aliphatic hydroxyl groups excluding tert-OH is 1. The molecule has 0 saturated carbocycles. The molecule has 0 spiro atoms. The summed E-state index contributed by atoms with van der Waals surface area (Å²) in [6.07, 6.45) is 2.09. The lowest BCUT2D eigenvalue weighted by atomic mass is 9.70. The normalized spacial score (nSPS) is 13.4. The van der Waals surface area contributed by atoms with Gasteiger partial charge in [-0.3, -0.25) is 4.79 Å². The molecule has 0 heterocycles. The van der Waals surface area contributed by atoms with Crippen LogP contribution < -0.4 is 9.46 Å². The summed E-state index contributed by atoms with van der Waals surface area (Å²) in [6.45, 7) is 14.3. The summed E-state index contributed by atoms with van der Waals surface area (Å²) in [6, 6.07) is 11.7. The maximum absolute atomic E-state index is 12.4. The highest BCUT2D eigenvalue weighted by molar-refractivity contribution is 7.89. The van der Waals surface area contributed by atoms with Crippen LogP contribution in [0.3, 0.4) is 0 Å². The van der Waals surface area contributed by atoms with Gasteiger partial charge in [0.15, 0.2) is 0 Å². The molecule has 0 radical (unpaired) electrons. The van der Waals surface area contributed by atoms with Gasteiger partial charge in [-0.05, 0) is 66.5 Å². The van der Waals surface area contributed by atoms with Crippen molar-refractivity contribution in [2.24, 2.45) is 5.41 Å². The van der Waals surface area contributed by atoms with Crippen molar-refractivity contribution in [3.8, 4) is 5.75 Å². The van der Waals surface area contributed by atoms with Gasteiger partial charge in [-0.15, -0.1) is 0 Å². The van der Waals surface area contributed by atoms with E-state index >= 15 is 0 Å². The summed E-state index contributed by atoms with van der Waals surface area (Å²) in [7, 11) is -3.63. The number of amides is 1. The Morgan fingerprint density at radius 3 is 1.97 bits per heavy atom. The van der Waals surface area contributed by atoms with Crippen molar-refractivity contribution in [1.29, 1.82) is 0 Å². The number of nitrogens with one attached hydrogen (secondary N) is 1. The van der Waals surface area contributed by atoms with Gasteiger partial charge in [-0.1, -0.05) is 58.9 Å². The van der Waals surface area contributed by atoms with E-state index < -0.39 is 22.0 Å². The standard InChI is InChI=1S/C27H39NO5S/c1-9-27(10-2,20-11-13-22(18(3)15-20)25(30)28-34(8,31)32)21-12-14-23(19(4)16-21)33-17-24(29)26(5,6)7/h11-16,24,29H,9-10,17H2,1-8H3,(H,28,30). The predicted octanol–water partition coefficient (Wildman–Crippen LogP) is 4.88. The van der Waals surface area contributed by atoms with Crippen LogP contribution in [-0.4, -0.2) is 38.4 Å². The van der Waals surface area contributed by atoms with E-state index in [4.69, 9.17) is 4.74 Å². The summed E-state index contributed by atoms with van der Waals surface area (Å²) in [5.74, 6) is 0.122. The zero-order chi connectivity index (χ0) is 25.9. The molecule has 1 atom stereocenters. The maximum Gasteiger partial charge on any atom is 0.264 e. The van der Waals surface area contributed by atoms with Crippen molar-refractivity contribution in [1.82, 2.24) is 4.72 Å². The summed E-state index contributed by atoms with van der Waals surface area (Å²) in [4.78, 5) is 12.4. The lowest BCUT2D eigenvalue weighted by Crippen LogP contribution is -2.32. The lowest BCUT2D eigenvalue weighted by molar-refractivity contribution is 0.0216. The highest BCUT2D eigenvalue weighted by atomic mass is 32.2. The highest BCUT2D eigenvalue weighted by Crippen LogP contribution is 2.41. The summed E-state index contributed by atoms with van der Waals surface area (Å²) >= 11 is 0. The first-order chi connectivity index (χ1) is 15.6. The van der Waals surface area contributed by atoms with Gasteiger partial charge >= 0.3 is 0 Å². The smallest absolute Gasteiger partial charge is 0.264 e. The number of aliphatic hydroxyl groups is 1. The first kappa shape index (κ1) is 27.9. The van der Waals surface area contributed by atoms with E-state index in [1.165, 1.54) is 0 Å². The number of carbonyl (C=O) groups is 1. The van der Waals surface area contributed by atoms with Gasteiger partial charge in [0.1, 0.15) is 12.4 Å². The minimum atomic E-state index is -3.63. The van der Waals surface area contributed by atoms with Crippen LogP contribution in [0.2, 0.25) is 0 Å². The number of ether oxygens (including phenoxy) is 1. The molecule has 1 amide bonds. The first-order valence-electron chi connectivity index (χ1n) is 11.7. The Morgan fingerprint density at radius 2 is 1.53 bits per heavy atom. The summed E-state index contributed by atoms with van der Waals surface area (Å²) < 4.78 is 30.9. The van der Waals surface area contributed by atoms with E-state index in [2.05, 4.69) is 26.0 Å². The fourth-order valence-corrected chi connectivity index (χ4v) is 4.65. The second kappa shape index (κ2) is 10.5. The molecule has 7 heteroatoms. The molecule has 0 saturated heterocycles. The third-order valence-electron chi connectivity index (χ3n) is 6.63. The topological polar surface area (TPSA) is 92.7 Å². The molecule has 2 aromatic carbocycles. The molecule has 34 heavy (non-hydrogen) atoms. The molecule has 2 N–H and O–H groups in total. The average Bonchev–Trinajstić information content (AvgIpc) is 2.72. The molecular weight excluding hydrogens is 450 g/mol. The molecular formula is C27H39NO5S. The molecule has 0 aromatic heterocycles. The van der Waals surface area contributed by atoms with Crippen LogP contribution in [0.15, 0.2) is 36.4 Å². The number of rotatable bonds is 9. The van der Waals surface area contributed by atoms with E-state index in [0.29, 0.717) is 5.56 Å². The zero-order valence-corrected chi connectivity index (χ0v) is 22.5. The largest absolute Gasteiger partial charge is 0.491 e. The zero-order valence-electron chi connectivity index (χ0n) is 21.7. The predicted molar refractivity (Wildman–Crippen MR) is 137 cm³/mol. The van der Waals surface area contributed by atoms with Crippen molar-refractivity contribution < 1.29 is 23.1 Å². The first-order valence-corrected chi connectivity index (χ1v) is 13.6. The van der Waals surface area contributed by atoms with Crippen molar-refractivity contribution in [3.63, 3.8) is 0 Å². The van der Waals surface area contributed by atoms with E-state index in [0.717, 1.165) is 47.1 Å². The van der Waals surface area contributed by atoms with E-state index in [1.54, 1.807) is 6.07 Å². The second-order valence-corrected chi connectivity index (χ2v) is 11.9. The number of sulfonamides is 1. The Hall–Kier alpha value is -2.38. The molecule has 6 nitrogen and oxygen atoms in total. The number of benzene rings is 2. The lowest BCUT2D eigenvalue weighted by Gasteiger charge is -2.34. The monoisotopic (exact) mass is 489 g/mol. The van der Waals surface area contributed by atoms with Crippen LogP contribution in [0.5, 0.6) is 5.75 Å². The highest BCUT2D eigenvalue weighted by Gasteiger charge is 2.32. The van der Waals surface area contributed by atoms with Gasteiger partial charge in [-0.25, -0.2) is 13.1 Å². The third-order valence-corrected chi connectivity index (χ3v) is 7.19. The average molecular weight is 490 g/mol. The second-order valence-electron chi connectivity index (χ2n) is 10.2. The molecule has 0 aliphatic heterocycles. The van der Waals surface area contributed by atoms with Crippen molar-refractivity contribution in [2.75, 3.05) is 12.9 Å². The van der Waals surface area contributed by atoms with E-state index in [9.17, 15) is 18.3 Å². The Morgan fingerprint density at radius 1 is 1.00 bits per heavy atom. The van der Waals surface area contributed by atoms with Gasteiger partial charge in [0.05, 0.1) is 12.4 Å². The van der Waals surface area contributed by atoms with Gasteiger partial charge in [0, 0.05) is 11.0 Å². The van der Waals surface area contributed by atoms with Crippen LogP contribution in [0.1, 0.15) is 80.1 Å². The Kier molecular flexibility index (Phi) is 8.59. The molecule has 188 valence electrons. The Labute approximate surface area is 204 Å². The molecule has 0 aliphatic rings. The summed E-state index contributed by atoms with van der Waals surface area (Å²) in [5.41, 5.74) is 3.74. The van der Waals surface area contributed by atoms with Crippen molar-refractivity contribution in [3.05, 3.63) is 64.2 Å². The molecule has 2 rings (SSSR count). The molecule has 0 aliphatic carbocycles. The Bertz CT molecular complexity index is 1130. The number of aryl methyl sites for hydroxylation is 2. The van der Waals surface area contributed by atoms with Gasteiger partial charge in [0.25, 0.3) is 5.91 Å². The minimum absolute atomic E-state index is 0.229. The van der Waals surface area contributed by atoms with Crippen LogP contribution >= 0.6 is 0 Å². The fraction of sp³-hybridized carbons (Fsp3) is 0.519. The van der Waals surface area contributed by atoms with Crippen LogP contribution in [0.4, 0.5) is 0 Å². The number of hydrogen-bond donors (Lipinski definition) is 2. The summed E-state index contributed by atoms with van der Waals surface area (Å²) in [5, 5.41) is 10.3. The van der Waals surface area contributed by atoms with Crippen LogP contribution in [0, 0.1) is 19.3 Å². The van der Waals surface area contributed by atoms with Crippen molar-refractivity contribution >= 4 is 15.9 Å². The minimum Gasteiger partial charge on any atom is -0.491 e. The Balaban J connectivity index is 2.40. The number of hydrogen-bond acceptors (Lipinski definition) is 5. The molecule has 1 unspecified atom stereocenters.